The maximum absolute atomic E-state index is 5.56. The lowest BCUT2D eigenvalue weighted by Crippen LogP contribution is -2.05. The number of rotatable bonds is 6. The second kappa shape index (κ2) is 6.50. The van der Waals surface area contributed by atoms with Crippen LogP contribution < -0.4 is 15.2 Å². The van der Waals surface area contributed by atoms with E-state index in [1.165, 1.54) is 5.56 Å². The normalized spacial score (nSPS) is 10.7. The maximum atomic E-state index is 5.56. The fraction of sp³-hybridized carbons (Fsp3) is 0.571. The molecule has 0 heterocycles. The number of nitrogens with two attached hydrogens (primary N) is 1. The van der Waals surface area contributed by atoms with E-state index in [2.05, 4.69) is 19.9 Å². The van der Waals surface area contributed by atoms with Crippen LogP contribution in [0.3, 0.4) is 0 Å². The monoisotopic (exact) mass is 237 g/mol. The van der Waals surface area contributed by atoms with E-state index in [4.69, 9.17) is 15.2 Å². The second-order valence-electron chi connectivity index (χ2n) is 4.42. The molecule has 2 N–H and O–H groups in total. The third-order valence-electron chi connectivity index (χ3n) is 2.89. The molecule has 0 unspecified atom stereocenters. The summed E-state index contributed by atoms with van der Waals surface area (Å²) in [5.41, 5.74) is 7.91. The molecule has 1 aromatic rings. The van der Waals surface area contributed by atoms with E-state index < -0.39 is 0 Å². The summed E-state index contributed by atoms with van der Waals surface area (Å²) < 4.78 is 11.0. The molecule has 96 valence electrons. The first-order chi connectivity index (χ1) is 8.15. The zero-order valence-corrected chi connectivity index (χ0v) is 11.2. The predicted molar refractivity (Wildman–Crippen MR) is 71.0 cm³/mol. The van der Waals surface area contributed by atoms with Crippen LogP contribution in [0.15, 0.2) is 12.1 Å². The van der Waals surface area contributed by atoms with E-state index in [0.29, 0.717) is 12.5 Å². The Morgan fingerprint density at radius 3 is 2.35 bits per heavy atom. The molecule has 0 bridgehead atoms. The quantitative estimate of drug-likeness (QED) is 0.827. The first-order valence-electron chi connectivity index (χ1n) is 6.09. The Morgan fingerprint density at radius 2 is 1.88 bits per heavy atom. The van der Waals surface area contributed by atoms with Crippen LogP contribution in [0.4, 0.5) is 0 Å². The van der Waals surface area contributed by atoms with Gasteiger partial charge in [-0.3, -0.25) is 0 Å². The number of methoxy groups -OCH3 is 2. The van der Waals surface area contributed by atoms with Gasteiger partial charge in [-0.25, -0.2) is 0 Å². The molecule has 0 amide bonds. The molecule has 0 atom stereocenters. The van der Waals surface area contributed by atoms with E-state index in [1.54, 1.807) is 14.2 Å². The van der Waals surface area contributed by atoms with Crippen molar-refractivity contribution in [3.63, 3.8) is 0 Å². The average molecular weight is 237 g/mol. The first kappa shape index (κ1) is 13.8. The molecular weight excluding hydrogens is 214 g/mol. The molecule has 1 rings (SSSR count). The summed E-state index contributed by atoms with van der Waals surface area (Å²) in [6.07, 6.45) is 1.92. The molecule has 1 aromatic carbocycles. The Labute approximate surface area is 104 Å². The molecule has 3 heteroatoms. The van der Waals surface area contributed by atoms with E-state index >= 15 is 0 Å². The van der Waals surface area contributed by atoms with Crippen molar-refractivity contribution in [2.75, 3.05) is 20.8 Å². The molecule has 0 saturated heterocycles. The van der Waals surface area contributed by atoms with Crippen molar-refractivity contribution in [1.82, 2.24) is 0 Å². The third-order valence-corrected chi connectivity index (χ3v) is 2.89. The lowest BCUT2D eigenvalue weighted by molar-refractivity contribution is 0.378. The number of benzene rings is 1. The van der Waals surface area contributed by atoms with E-state index in [9.17, 15) is 0 Å². The minimum Gasteiger partial charge on any atom is -0.496 e. The van der Waals surface area contributed by atoms with Gasteiger partial charge in [0.1, 0.15) is 11.5 Å². The summed E-state index contributed by atoms with van der Waals surface area (Å²) in [4.78, 5) is 0. The highest BCUT2D eigenvalue weighted by Gasteiger charge is 2.17. The standard InChI is InChI=1S/C14H23NO2/c1-10(2)13-12(16-3)8-7-11(6-5-9-15)14(13)17-4/h7-8,10H,5-6,9,15H2,1-4H3. The van der Waals surface area contributed by atoms with Gasteiger partial charge in [-0.2, -0.15) is 0 Å². The maximum Gasteiger partial charge on any atom is 0.129 e. The average Bonchev–Trinajstić information content (AvgIpc) is 2.34. The van der Waals surface area contributed by atoms with E-state index in [0.717, 1.165) is 29.9 Å². The molecule has 0 aliphatic rings. The zero-order chi connectivity index (χ0) is 12.8. The molecule has 17 heavy (non-hydrogen) atoms. The SMILES string of the molecule is COc1ccc(CCCN)c(OC)c1C(C)C. The van der Waals surface area contributed by atoms with Gasteiger partial charge in [0, 0.05) is 5.56 Å². The van der Waals surface area contributed by atoms with Crippen molar-refractivity contribution in [2.24, 2.45) is 5.73 Å². The highest BCUT2D eigenvalue weighted by atomic mass is 16.5. The van der Waals surface area contributed by atoms with Crippen molar-refractivity contribution in [3.05, 3.63) is 23.3 Å². The van der Waals surface area contributed by atoms with Crippen LogP contribution in [0, 0.1) is 0 Å². The van der Waals surface area contributed by atoms with Crippen molar-refractivity contribution < 1.29 is 9.47 Å². The number of hydrogen-bond acceptors (Lipinski definition) is 3. The van der Waals surface area contributed by atoms with Crippen LogP contribution in [0.1, 0.15) is 37.3 Å². The van der Waals surface area contributed by atoms with Crippen molar-refractivity contribution in [2.45, 2.75) is 32.6 Å². The number of aryl methyl sites for hydroxylation is 1. The Balaban J connectivity index is 3.20. The lowest BCUT2D eigenvalue weighted by Gasteiger charge is -2.19. The van der Waals surface area contributed by atoms with E-state index in [-0.39, 0.29) is 0 Å². The Kier molecular flexibility index (Phi) is 5.29. The summed E-state index contributed by atoms with van der Waals surface area (Å²) in [7, 11) is 3.41. The van der Waals surface area contributed by atoms with Gasteiger partial charge >= 0.3 is 0 Å². The molecule has 0 spiro atoms. The van der Waals surface area contributed by atoms with Crippen LogP contribution in [-0.4, -0.2) is 20.8 Å². The van der Waals surface area contributed by atoms with Gasteiger partial charge in [0.05, 0.1) is 14.2 Å². The lowest BCUT2D eigenvalue weighted by atomic mass is 9.96. The van der Waals surface area contributed by atoms with Gasteiger partial charge in [-0.1, -0.05) is 19.9 Å². The van der Waals surface area contributed by atoms with Gasteiger partial charge in [-0.05, 0) is 36.9 Å². The van der Waals surface area contributed by atoms with Crippen LogP contribution in [0.25, 0.3) is 0 Å². The molecule has 0 fully saturated rings. The molecule has 0 aliphatic carbocycles. The summed E-state index contributed by atoms with van der Waals surface area (Å²) in [6, 6.07) is 4.09. The second-order valence-corrected chi connectivity index (χ2v) is 4.42. The van der Waals surface area contributed by atoms with Crippen molar-refractivity contribution in [3.8, 4) is 11.5 Å². The van der Waals surface area contributed by atoms with E-state index in [1.807, 2.05) is 6.07 Å². The smallest absolute Gasteiger partial charge is 0.129 e. The highest BCUT2D eigenvalue weighted by molar-refractivity contribution is 5.51. The molecule has 0 aliphatic heterocycles. The molecule has 0 aromatic heterocycles. The van der Waals surface area contributed by atoms with Crippen LogP contribution in [0.2, 0.25) is 0 Å². The van der Waals surface area contributed by atoms with Crippen molar-refractivity contribution >= 4 is 0 Å². The Bertz CT molecular complexity index is 361. The minimum absolute atomic E-state index is 0.373. The summed E-state index contributed by atoms with van der Waals surface area (Å²) in [5, 5.41) is 0. The van der Waals surface area contributed by atoms with Gasteiger partial charge < -0.3 is 15.2 Å². The van der Waals surface area contributed by atoms with Crippen LogP contribution in [-0.2, 0) is 6.42 Å². The number of ether oxygens (including phenoxy) is 2. The van der Waals surface area contributed by atoms with Gasteiger partial charge in [0.2, 0.25) is 0 Å². The Hall–Kier alpha value is -1.22. The zero-order valence-electron chi connectivity index (χ0n) is 11.2. The highest BCUT2D eigenvalue weighted by Crippen LogP contribution is 2.38. The molecular formula is C14H23NO2. The Morgan fingerprint density at radius 1 is 1.18 bits per heavy atom. The van der Waals surface area contributed by atoms with Gasteiger partial charge in [-0.15, -0.1) is 0 Å². The third kappa shape index (κ3) is 3.13. The fourth-order valence-corrected chi connectivity index (χ4v) is 2.08. The largest absolute Gasteiger partial charge is 0.496 e. The van der Waals surface area contributed by atoms with Gasteiger partial charge in [0.25, 0.3) is 0 Å². The van der Waals surface area contributed by atoms with Crippen LogP contribution >= 0.6 is 0 Å². The van der Waals surface area contributed by atoms with Crippen LogP contribution in [0.5, 0.6) is 11.5 Å². The summed E-state index contributed by atoms with van der Waals surface area (Å²) >= 11 is 0. The fourth-order valence-electron chi connectivity index (χ4n) is 2.08. The van der Waals surface area contributed by atoms with Crippen molar-refractivity contribution in [1.29, 1.82) is 0 Å². The molecule has 3 nitrogen and oxygen atoms in total. The first-order valence-corrected chi connectivity index (χ1v) is 6.09. The minimum atomic E-state index is 0.373. The predicted octanol–water partition coefficient (Wildman–Crippen LogP) is 2.72. The molecule has 0 radical (unpaired) electrons. The topological polar surface area (TPSA) is 44.5 Å². The van der Waals surface area contributed by atoms with Gasteiger partial charge in [0.15, 0.2) is 0 Å². The molecule has 0 saturated carbocycles. The summed E-state index contributed by atoms with van der Waals surface area (Å²) in [6.45, 7) is 4.99. The number of hydrogen-bond donors (Lipinski definition) is 1. The summed E-state index contributed by atoms with van der Waals surface area (Å²) in [5.74, 6) is 2.22.